The first-order valence-corrected chi connectivity index (χ1v) is 13.4. The molecule has 0 atom stereocenters. The second kappa shape index (κ2) is 10.7. The summed E-state index contributed by atoms with van der Waals surface area (Å²) in [4.78, 5) is 46.7. The minimum atomic E-state index is -0.796. The average molecular weight is 546 g/mol. The molecule has 40 heavy (non-hydrogen) atoms. The highest BCUT2D eigenvalue weighted by Crippen LogP contribution is 2.46. The van der Waals surface area contributed by atoms with Crippen LogP contribution in [0.15, 0.2) is 69.8 Å². The first-order chi connectivity index (χ1) is 18.7. The fourth-order valence-electron chi connectivity index (χ4n) is 5.26. The van der Waals surface area contributed by atoms with E-state index in [2.05, 4.69) is 27.7 Å². The van der Waals surface area contributed by atoms with Crippen LogP contribution < -0.4 is 16.0 Å². The smallest absolute Gasteiger partial charge is 0.303 e. The number of aliphatic carboxylic acids is 1. The van der Waals surface area contributed by atoms with Crippen LogP contribution in [0, 0.1) is 5.41 Å². The number of unbranched alkanes of at least 4 members (excludes halogenated alkanes) is 2. The number of hydrogen-bond donors (Lipinski definition) is 3. The molecule has 0 radical (unpaired) electrons. The van der Waals surface area contributed by atoms with Crippen molar-refractivity contribution in [2.75, 3.05) is 6.54 Å². The maximum atomic E-state index is 12.3. The van der Waals surface area contributed by atoms with E-state index in [4.69, 9.17) is 26.6 Å². The van der Waals surface area contributed by atoms with Crippen LogP contribution in [0.2, 0.25) is 0 Å². The molecule has 3 aliphatic heterocycles. The minimum Gasteiger partial charge on any atom is -0.481 e. The number of carbonyl (C=O) groups excluding carboxylic acids is 2. The molecular formula is C30H37N6O4+. The van der Waals surface area contributed by atoms with Gasteiger partial charge in [0.2, 0.25) is 0 Å². The molecule has 0 aromatic carbocycles. The molecule has 0 unspecified atom stereocenters. The Morgan fingerprint density at radius 3 is 2.38 bits per heavy atom. The quantitative estimate of drug-likeness (QED) is 0.304. The fourth-order valence-corrected chi connectivity index (χ4v) is 5.26. The summed E-state index contributed by atoms with van der Waals surface area (Å²) >= 11 is 0. The number of primary amides is 2. The summed E-state index contributed by atoms with van der Waals surface area (Å²) in [6.45, 7) is 8.85. The average Bonchev–Trinajstić information content (AvgIpc) is 3.26. The SMILES string of the molecule is C[n+]1cc(C(N)=O)c2c(c1)C(C)(C)C(C=CC=C1N=C3C(C(N)=O)=CN(CCCCCC(=O)O)C=C3C1(C)C)=N2. The summed E-state index contributed by atoms with van der Waals surface area (Å²) in [6, 6.07) is 0. The van der Waals surface area contributed by atoms with Gasteiger partial charge in [-0.05, 0) is 38.8 Å². The van der Waals surface area contributed by atoms with Crippen LogP contribution in [0.5, 0.6) is 0 Å². The molecular weight excluding hydrogens is 508 g/mol. The number of carbonyl (C=O) groups is 3. The predicted octanol–water partition coefficient (Wildman–Crippen LogP) is 3.11. The number of aliphatic imine (C=N–C) groups is 2. The molecule has 4 rings (SSSR count). The van der Waals surface area contributed by atoms with Crippen molar-refractivity contribution < 1.29 is 24.1 Å². The largest absolute Gasteiger partial charge is 0.481 e. The predicted molar refractivity (Wildman–Crippen MR) is 153 cm³/mol. The van der Waals surface area contributed by atoms with E-state index in [0.29, 0.717) is 35.5 Å². The van der Waals surface area contributed by atoms with Crippen LogP contribution in [-0.4, -0.2) is 45.8 Å². The number of rotatable bonds is 10. The van der Waals surface area contributed by atoms with Crippen molar-refractivity contribution in [2.24, 2.45) is 33.9 Å². The number of nitrogens with two attached hydrogens (primary N) is 2. The highest BCUT2D eigenvalue weighted by molar-refractivity contribution is 6.30. The Hall–Kier alpha value is -4.34. The van der Waals surface area contributed by atoms with Gasteiger partial charge in [-0.25, -0.2) is 4.57 Å². The number of carboxylic acid groups (broad SMARTS) is 1. The Morgan fingerprint density at radius 1 is 1.00 bits per heavy atom. The van der Waals surface area contributed by atoms with Crippen LogP contribution in [-0.2, 0) is 22.1 Å². The van der Waals surface area contributed by atoms with Gasteiger partial charge in [0.15, 0.2) is 12.4 Å². The van der Waals surface area contributed by atoms with Crippen LogP contribution in [0.25, 0.3) is 0 Å². The number of fused-ring (bicyclic) bond motifs is 2. The third-order valence-corrected chi connectivity index (χ3v) is 7.71. The topological polar surface area (TPSA) is 155 Å². The zero-order chi connectivity index (χ0) is 29.4. The molecule has 2 amide bonds. The van der Waals surface area contributed by atoms with Crippen molar-refractivity contribution in [2.45, 2.75) is 58.8 Å². The number of pyridine rings is 1. The Morgan fingerprint density at radius 2 is 1.73 bits per heavy atom. The van der Waals surface area contributed by atoms with Crippen molar-refractivity contribution in [3.63, 3.8) is 0 Å². The highest BCUT2D eigenvalue weighted by Gasteiger charge is 2.42. The van der Waals surface area contributed by atoms with Gasteiger partial charge in [-0.15, -0.1) is 0 Å². The van der Waals surface area contributed by atoms with E-state index in [0.717, 1.165) is 35.4 Å². The fraction of sp³-hybridized carbons (Fsp3) is 0.400. The van der Waals surface area contributed by atoms with E-state index in [9.17, 15) is 14.4 Å². The first-order valence-electron chi connectivity index (χ1n) is 13.4. The van der Waals surface area contributed by atoms with Gasteiger partial charge in [0, 0.05) is 41.8 Å². The van der Waals surface area contributed by atoms with Crippen molar-refractivity contribution in [3.05, 3.63) is 71.0 Å². The normalized spacial score (nSPS) is 19.6. The molecule has 0 aliphatic carbocycles. The lowest BCUT2D eigenvalue weighted by atomic mass is 9.79. The van der Waals surface area contributed by atoms with Crippen molar-refractivity contribution in [1.82, 2.24) is 4.90 Å². The third kappa shape index (κ3) is 5.38. The van der Waals surface area contributed by atoms with Crippen molar-refractivity contribution >= 4 is 34.9 Å². The molecule has 0 spiro atoms. The van der Waals surface area contributed by atoms with E-state index in [-0.39, 0.29) is 6.42 Å². The summed E-state index contributed by atoms with van der Waals surface area (Å²) in [5.41, 5.74) is 15.7. The lowest BCUT2D eigenvalue weighted by Gasteiger charge is -2.29. The number of aryl methyl sites for hydroxylation is 1. The third-order valence-electron chi connectivity index (χ3n) is 7.71. The molecule has 10 heteroatoms. The molecule has 5 N–H and O–H groups in total. The molecule has 3 aliphatic rings. The molecule has 4 heterocycles. The van der Waals surface area contributed by atoms with Gasteiger partial charge in [0.1, 0.15) is 12.6 Å². The summed E-state index contributed by atoms with van der Waals surface area (Å²) in [6.07, 6.45) is 15.4. The maximum Gasteiger partial charge on any atom is 0.303 e. The summed E-state index contributed by atoms with van der Waals surface area (Å²) in [5, 5.41) is 8.84. The zero-order valence-corrected chi connectivity index (χ0v) is 23.7. The van der Waals surface area contributed by atoms with Gasteiger partial charge in [-0.3, -0.25) is 24.4 Å². The number of hydrogen-bond acceptors (Lipinski definition) is 6. The summed E-state index contributed by atoms with van der Waals surface area (Å²) in [5.74, 6) is -1.87. The second-order valence-corrected chi connectivity index (χ2v) is 11.5. The summed E-state index contributed by atoms with van der Waals surface area (Å²) in [7, 11) is 1.85. The molecule has 1 aromatic heterocycles. The van der Waals surface area contributed by atoms with Crippen LogP contribution >= 0.6 is 0 Å². The van der Waals surface area contributed by atoms with Gasteiger partial charge in [-0.1, -0.05) is 26.3 Å². The first kappa shape index (κ1) is 28.7. The van der Waals surface area contributed by atoms with Crippen molar-refractivity contribution in [3.8, 4) is 0 Å². The molecule has 0 saturated carbocycles. The standard InChI is InChI=1S/C30H36N6O4/c1-29(2)20-16-35(5)14-18(27(31)39)25(20)33-22(29)10-9-11-23-30(3,4)21-17-36(13-8-6-7-12-24(37)38)15-19(28(32)40)26(21)34-23/h9-11,14-17H,6-8,12-13H2,1-5H3,(H4-,31,32,37,38,39,40)/p+1. The molecule has 1 aromatic rings. The number of allylic oxidation sites excluding steroid dienone is 4. The summed E-state index contributed by atoms with van der Waals surface area (Å²) < 4.78 is 1.82. The van der Waals surface area contributed by atoms with Crippen LogP contribution in [0.3, 0.4) is 0 Å². The number of amides is 2. The molecule has 0 bridgehead atoms. The van der Waals surface area contributed by atoms with Crippen molar-refractivity contribution in [1.29, 1.82) is 0 Å². The van der Waals surface area contributed by atoms with Gasteiger partial charge >= 0.3 is 5.97 Å². The Kier molecular flexibility index (Phi) is 7.65. The Balaban J connectivity index is 1.59. The Bertz CT molecular complexity index is 1470. The van der Waals surface area contributed by atoms with E-state index in [1.807, 2.05) is 47.1 Å². The van der Waals surface area contributed by atoms with E-state index in [1.165, 1.54) is 0 Å². The minimum absolute atomic E-state index is 0.148. The van der Waals surface area contributed by atoms with E-state index in [1.54, 1.807) is 12.4 Å². The van der Waals surface area contributed by atoms with Gasteiger partial charge in [0.25, 0.3) is 11.8 Å². The lowest BCUT2D eigenvalue weighted by molar-refractivity contribution is -0.672. The molecule has 0 saturated heterocycles. The molecule has 0 fully saturated rings. The van der Waals surface area contributed by atoms with Crippen LogP contribution in [0.1, 0.15) is 69.3 Å². The molecule has 10 nitrogen and oxygen atoms in total. The monoisotopic (exact) mass is 545 g/mol. The Labute approximate surface area is 234 Å². The number of nitrogens with zero attached hydrogens (tertiary/aromatic N) is 4. The number of aromatic nitrogens is 1. The van der Waals surface area contributed by atoms with Gasteiger partial charge in [0.05, 0.1) is 33.9 Å². The van der Waals surface area contributed by atoms with E-state index >= 15 is 0 Å². The van der Waals surface area contributed by atoms with Crippen LogP contribution in [0.4, 0.5) is 5.69 Å². The second-order valence-electron chi connectivity index (χ2n) is 11.5. The number of carboxylic acids is 1. The van der Waals surface area contributed by atoms with Gasteiger partial charge < -0.3 is 21.5 Å². The van der Waals surface area contributed by atoms with E-state index < -0.39 is 28.6 Å². The molecule has 210 valence electrons. The maximum absolute atomic E-state index is 12.3. The van der Waals surface area contributed by atoms with Gasteiger partial charge in [-0.2, -0.15) is 0 Å². The lowest BCUT2D eigenvalue weighted by Crippen LogP contribution is -2.33. The highest BCUT2D eigenvalue weighted by atomic mass is 16.4. The zero-order valence-electron chi connectivity index (χ0n) is 23.7.